The van der Waals surface area contributed by atoms with Crippen LogP contribution >= 0.6 is 0 Å². The molecule has 1 saturated carbocycles. The van der Waals surface area contributed by atoms with Crippen molar-refractivity contribution in [3.05, 3.63) is 55.1 Å². The molecule has 1 aliphatic carbocycles. The van der Waals surface area contributed by atoms with Gasteiger partial charge in [-0.2, -0.15) is 0 Å². The summed E-state index contributed by atoms with van der Waals surface area (Å²) in [4.78, 5) is 24.5. The lowest BCUT2D eigenvalue weighted by atomic mass is 10.0. The van der Waals surface area contributed by atoms with Gasteiger partial charge in [-0.05, 0) is 17.9 Å². The van der Waals surface area contributed by atoms with Crippen molar-refractivity contribution in [1.29, 1.82) is 0 Å². The Morgan fingerprint density at radius 1 is 1.18 bits per heavy atom. The molecule has 0 spiro atoms. The van der Waals surface area contributed by atoms with Gasteiger partial charge in [0, 0.05) is 11.3 Å². The van der Waals surface area contributed by atoms with E-state index >= 15 is 0 Å². The highest BCUT2D eigenvalue weighted by Gasteiger charge is 2.67. The molecule has 0 amide bonds. The second-order valence-corrected chi connectivity index (χ2v) is 5.38. The second-order valence-electron chi connectivity index (χ2n) is 5.38. The molecule has 2 aromatic rings. The number of rotatable bonds is 4. The predicted octanol–water partition coefficient (Wildman–Crippen LogP) is 3.11. The van der Waals surface area contributed by atoms with Crippen LogP contribution in [0.15, 0.2) is 55.1 Å². The van der Waals surface area contributed by atoms with E-state index in [0.717, 1.165) is 10.8 Å². The summed E-state index contributed by atoms with van der Waals surface area (Å²) in [6.07, 6.45) is 1.98. The molecule has 0 radical (unpaired) electrons. The number of esters is 2. The predicted molar refractivity (Wildman–Crippen MR) is 82.3 cm³/mol. The van der Waals surface area contributed by atoms with Gasteiger partial charge in [-0.15, -0.1) is 6.58 Å². The van der Waals surface area contributed by atoms with Crippen molar-refractivity contribution in [2.24, 2.45) is 11.3 Å². The summed E-state index contributed by atoms with van der Waals surface area (Å²) >= 11 is 0. The molecule has 112 valence electrons. The number of carbonyl (C=O) groups is 2. The Hall–Kier alpha value is -2.62. The minimum Gasteiger partial charge on any atom is -0.468 e. The molecule has 22 heavy (non-hydrogen) atoms. The van der Waals surface area contributed by atoms with Gasteiger partial charge in [0.25, 0.3) is 0 Å². The van der Waals surface area contributed by atoms with Crippen LogP contribution in [0.1, 0.15) is 6.42 Å². The van der Waals surface area contributed by atoms with Crippen LogP contribution < -0.4 is 4.74 Å². The number of methoxy groups -OCH3 is 1. The van der Waals surface area contributed by atoms with Crippen molar-refractivity contribution in [1.82, 2.24) is 0 Å². The molecule has 4 nitrogen and oxygen atoms in total. The van der Waals surface area contributed by atoms with Crippen LogP contribution in [0.4, 0.5) is 0 Å². The standard InChI is InChI=1S/C18H16O4/c1-3-13-11-18(13,16(19)21-2)17(20)22-15-10-6-8-12-7-4-5-9-14(12)15/h3-10,13H,1,11H2,2H3. The van der Waals surface area contributed by atoms with Crippen LogP contribution in [0.25, 0.3) is 10.8 Å². The number of fused-ring (bicyclic) bond motifs is 1. The number of allylic oxidation sites excluding steroid dienone is 1. The van der Waals surface area contributed by atoms with Gasteiger partial charge in [0.2, 0.25) is 0 Å². The number of hydrogen-bond donors (Lipinski definition) is 0. The summed E-state index contributed by atoms with van der Waals surface area (Å²) in [6, 6.07) is 13.1. The average molecular weight is 296 g/mol. The SMILES string of the molecule is C=CC1CC1(C(=O)OC)C(=O)Oc1cccc2ccccc12. The summed E-state index contributed by atoms with van der Waals surface area (Å²) < 4.78 is 10.3. The Morgan fingerprint density at radius 3 is 2.59 bits per heavy atom. The zero-order valence-electron chi connectivity index (χ0n) is 12.2. The number of carbonyl (C=O) groups excluding carboxylic acids is 2. The molecule has 3 rings (SSSR count). The first-order valence-electron chi connectivity index (χ1n) is 7.04. The summed E-state index contributed by atoms with van der Waals surface area (Å²) in [5.41, 5.74) is -1.24. The van der Waals surface area contributed by atoms with Crippen molar-refractivity contribution in [2.45, 2.75) is 6.42 Å². The fraction of sp³-hybridized carbons (Fsp3) is 0.222. The number of ether oxygens (including phenoxy) is 2. The van der Waals surface area contributed by atoms with Crippen LogP contribution in [0, 0.1) is 11.3 Å². The van der Waals surface area contributed by atoms with Crippen molar-refractivity contribution < 1.29 is 19.1 Å². The van der Waals surface area contributed by atoms with Crippen LogP contribution in [0.5, 0.6) is 5.75 Å². The highest BCUT2D eigenvalue weighted by molar-refractivity contribution is 6.05. The van der Waals surface area contributed by atoms with E-state index in [1.165, 1.54) is 7.11 Å². The van der Waals surface area contributed by atoms with Crippen LogP contribution in [0.2, 0.25) is 0 Å². The van der Waals surface area contributed by atoms with E-state index in [1.807, 2.05) is 36.4 Å². The summed E-state index contributed by atoms with van der Waals surface area (Å²) in [7, 11) is 1.27. The highest BCUT2D eigenvalue weighted by Crippen LogP contribution is 2.55. The Morgan fingerprint density at radius 2 is 1.91 bits per heavy atom. The minimum absolute atomic E-state index is 0.234. The zero-order chi connectivity index (χ0) is 15.7. The second kappa shape index (κ2) is 5.30. The van der Waals surface area contributed by atoms with Gasteiger partial charge in [0.1, 0.15) is 5.75 Å². The Kier molecular flexibility index (Phi) is 3.45. The lowest BCUT2D eigenvalue weighted by molar-refractivity contribution is -0.158. The number of benzene rings is 2. The fourth-order valence-corrected chi connectivity index (χ4v) is 2.78. The molecule has 0 N–H and O–H groups in total. The van der Waals surface area contributed by atoms with Gasteiger partial charge in [0.15, 0.2) is 5.41 Å². The minimum atomic E-state index is -1.24. The zero-order valence-corrected chi connectivity index (χ0v) is 12.2. The van der Waals surface area contributed by atoms with Crippen LogP contribution in [-0.2, 0) is 14.3 Å². The first kappa shape index (κ1) is 14.3. The van der Waals surface area contributed by atoms with Gasteiger partial charge in [0.05, 0.1) is 7.11 Å². The van der Waals surface area contributed by atoms with E-state index < -0.39 is 17.4 Å². The summed E-state index contributed by atoms with van der Waals surface area (Å²) in [6.45, 7) is 3.66. The Balaban J connectivity index is 1.93. The van der Waals surface area contributed by atoms with Crippen molar-refractivity contribution in [2.75, 3.05) is 7.11 Å². The lowest BCUT2D eigenvalue weighted by Crippen LogP contribution is -2.32. The lowest BCUT2D eigenvalue weighted by Gasteiger charge is -2.14. The average Bonchev–Trinajstić information content (AvgIpc) is 3.30. The molecule has 2 unspecified atom stereocenters. The largest absolute Gasteiger partial charge is 0.468 e. The molecule has 4 heteroatoms. The molecule has 2 atom stereocenters. The third-order valence-corrected chi connectivity index (χ3v) is 4.17. The first-order valence-corrected chi connectivity index (χ1v) is 7.04. The molecule has 1 fully saturated rings. The highest BCUT2D eigenvalue weighted by atomic mass is 16.6. The maximum absolute atomic E-state index is 12.5. The molecule has 1 aliphatic rings. The van der Waals surface area contributed by atoms with Gasteiger partial charge < -0.3 is 9.47 Å². The van der Waals surface area contributed by atoms with Crippen molar-refractivity contribution in [3.63, 3.8) is 0 Å². The van der Waals surface area contributed by atoms with Crippen LogP contribution in [0.3, 0.4) is 0 Å². The topological polar surface area (TPSA) is 52.6 Å². The van der Waals surface area contributed by atoms with Crippen molar-refractivity contribution >= 4 is 22.7 Å². The van der Waals surface area contributed by atoms with Crippen LogP contribution in [-0.4, -0.2) is 19.0 Å². The van der Waals surface area contributed by atoms with E-state index in [-0.39, 0.29) is 5.92 Å². The molecule has 0 aromatic heterocycles. The van der Waals surface area contributed by atoms with E-state index in [0.29, 0.717) is 12.2 Å². The van der Waals surface area contributed by atoms with Gasteiger partial charge in [-0.3, -0.25) is 9.59 Å². The summed E-state index contributed by atoms with van der Waals surface area (Å²) in [5.74, 6) is -0.938. The quantitative estimate of drug-likeness (QED) is 0.376. The Labute approximate surface area is 128 Å². The summed E-state index contributed by atoms with van der Waals surface area (Å²) in [5, 5.41) is 1.80. The van der Waals surface area contributed by atoms with E-state index in [9.17, 15) is 9.59 Å². The fourth-order valence-electron chi connectivity index (χ4n) is 2.78. The van der Waals surface area contributed by atoms with Gasteiger partial charge in [-0.25, -0.2) is 0 Å². The molecule has 2 aromatic carbocycles. The van der Waals surface area contributed by atoms with E-state index in [2.05, 4.69) is 6.58 Å². The molecular weight excluding hydrogens is 280 g/mol. The smallest absolute Gasteiger partial charge is 0.329 e. The maximum Gasteiger partial charge on any atom is 0.329 e. The van der Waals surface area contributed by atoms with Gasteiger partial charge in [-0.1, -0.05) is 42.5 Å². The van der Waals surface area contributed by atoms with Crippen molar-refractivity contribution in [3.8, 4) is 5.75 Å². The maximum atomic E-state index is 12.5. The van der Waals surface area contributed by atoms with E-state index in [1.54, 1.807) is 12.1 Å². The van der Waals surface area contributed by atoms with E-state index in [4.69, 9.17) is 9.47 Å². The monoisotopic (exact) mass is 296 g/mol. The Bertz CT molecular complexity index is 759. The number of hydrogen-bond acceptors (Lipinski definition) is 4. The third-order valence-electron chi connectivity index (χ3n) is 4.17. The molecular formula is C18H16O4. The van der Waals surface area contributed by atoms with Gasteiger partial charge >= 0.3 is 11.9 Å². The molecule has 0 aliphatic heterocycles. The third kappa shape index (κ3) is 2.08. The molecule has 0 heterocycles. The first-order chi connectivity index (χ1) is 10.6. The normalized spacial score (nSPS) is 22.9. The molecule has 0 saturated heterocycles. The molecule has 0 bridgehead atoms.